The molecule has 0 aromatic rings. The molecule has 0 N–H and O–H groups in total. The second kappa shape index (κ2) is 9.78. The van der Waals surface area contributed by atoms with Crippen LogP contribution in [0.15, 0.2) is 0 Å². The van der Waals surface area contributed by atoms with Gasteiger partial charge in [-0.1, -0.05) is 60.3 Å². The van der Waals surface area contributed by atoms with Crippen molar-refractivity contribution in [3.05, 3.63) is 0 Å². The van der Waals surface area contributed by atoms with Crippen molar-refractivity contribution in [2.45, 2.75) is 137 Å². The average molecular weight is 456 g/mol. The zero-order valence-corrected chi connectivity index (χ0v) is 23.1. The smallest absolute Gasteiger partial charge is 0.00983 e. The Balaban J connectivity index is 1.24. The minimum Gasteiger partial charge on any atom is -0.300 e. The molecular weight excluding hydrogens is 398 g/mol. The Bertz CT molecular complexity index is 649. The van der Waals surface area contributed by atoms with Gasteiger partial charge in [0.2, 0.25) is 0 Å². The molecule has 0 aromatic heterocycles. The van der Waals surface area contributed by atoms with Gasteiger partial charge < -0.3 is 4.90 Å². The van der Waals surface area contributed by atoms with Gasteiger partial charge in [-0.25, -0.2) is 0 Å². The van der Waals surface area contributed by atoms with Gasteiger partial charge in [0.05, 0.1) is 0 Å². The molecule has 1 saturated heterocycles. The summed E-state index contributed by atoms with van der Waals surface area (Å²) in [4.78, 5) is 2.91. The van der Waals surface area contributed by atoms with E-state index in [1.807, 2.05) is 0 Å². The summed E-state index contributed by atoms with van der Waals surface area (Å²) in [5, 5.41) is 0. The first-order valence-corrected chi connectivity index (χ1v) is 15.6. The quantitative estimate of drug-likeness (QED) is 0.386. The molecule has 1 aliphatic heterocycles. The van der Waals surface area contributed by atoms with Gasteiger partial charge in [0.15, 0.2) is 0 Å². The normalized spacial score (nSPS) is 47.1. The van der Waals surface area contributed by atoms with Gasteiger partial charge in [-0.15, -0.1) is 0 Å². The van der Waals surface area contributed by atoms with Gasteiger partial charge in [-0.05, 0) is 136 Å². The van der Waals surface area contributed by atoms with Crippen molar-refractivity contribution < 1.29 is 0 Å². The molecule has 5 aliphatic rings. The van der Waals surface area contributed by atoms with Crippen molar-refractivity contribution in [1.82, 2.24) is 4.90 Å². The third kappa shape index (κ3) is 4.49. The fraction of sp³-hybridized carbons (Fsp3) is 1.00. The summed E-state index contributed by atoms with van der Waals surface area (Å²) in [6.45, 7) is 15.8. The Morgan fingerprint density at radius 2 is 1.48 bits per heavy atom. The predicted molar refractivity (Wildman–Crippen MR) is 142 cm³/mol. The Morgan fingerprint density at radius 1 is 0.758 bits per heavy atom. The highest BCUT2D eigenvalue weighted by atomic mass is 15.2. The van der Waals surface area contributed by atoms with Crippen LogP contribution in [-0.4, -0.2) is 24.0 Å². The largest absolute Gasteiger partial charge is 0.300 e. The van der Waals surface area contributed by atoms with Crippen LogP contribution in [0.25, 0.3) is 0 Å². The first kappa shape index (κ1) is 24.6. The Kier molecular flexibility index (Phi) is 7.31. The highest BCUT2D eigenvalue weighted by molar-refractivity contribution is 5.10. The van der Waals surface area contributed by atoms with Crippen LogP contribution in [0.4, 0.5) is 0 Å². The fourth-order valence-corrected chi connectivity index (χ4v) is 10.9. The maximum absolute atomic E-state index is 2.91. The summed E-state index contributed by atoms with van der Waals surface area (Å²) in [7, 11) is 0. The summed E-state index contributed by atoms with van der Waals surface area (Å²) in [6.07, 6.45) is 22.7. The molecule has 33 heavy (non-hydrogen) atoms. The molecule has 0 spiro atoms. The monoisotopic (exact) mass is 455 g/mol. The first-order valence-electron chi connectivity index (χ1n) is 15.6. The molecule has 0 amide bonds. The third-order valence-electron chi connectivity index (χ3n) is 12.7. The van der Waals surface area contributed by atoms with Crippen molar-refractivity contribution in [2.75, 3.05) is 13.1 Å². The number of piperidine rings is 1. The van der Waals surface area contributed by atoms with Gasteiger partial charge in [-0.3, -0.25) is 0 Å². The predicted octanol–water partition coefficient (Wildman–Crippen LogP) is 8.96. The zero-order chi connectivity index (χ0) is 23.2. The molecule has 0 radical (unpaired) electrons. The van der Waals surface area contributed by atoms with Crippen molar-refractivity contribution in [2.24, 2.45) is 52.3 Å². The SMILES string of the molecule is CC(C)CCC[C@H](C)[C@H]1CC[C@H]2[C@@H]3CC[C@H]4C[C@@H](N5CCCCC5)CC[C@]4(C)[C@H]3CC[C@]12C. The zero-order valence-electron chi connectivity index (χ0n) is 23.1. The van der Waals surface area contributed by atoms with E-state index < -0.39 is 0 Å². The van der Waals surface area contributed by atoms with Gasteiger partial charge in [0.25, 0.3) is 0 Å². The maximum atomic E-state index is 2.91. The number of rotatable bonds is 6. The molecule has 1 nitrogen and oxygen atoms in total. The van der Waals surface area contributed by atoms with Crippen molar-refractivity contribution in [3.8, 4) is 0 Å². The van der Waals surface area contributed by atoms with Crippen LogP contribution in [0.3, 0.4) is 0 Å². The standard InChI is InChI=1S/C32H57N/c1-23(2)10-9-11-24(3)28-14-15-29-27-13-12-25-22-26(33-20-7-6-8-21-33)16-18-31(25,4)30(27)17-19-32(28,29)5/h23-30H,6-22H2,1-5H3/t24-,25-,26-,27-,28+,29-,30-,31-,32+/m0/s1. The maximum Gasteiger partial charge on any atom is 0.00983 e. The van der Waals surface area contributed by atoms with E-state index in [9.17, 15) is 0 Å². The van der Waals surface area contributed by atoms with E-state index in [0.29, 0.717) is 10.8 Å². The van der Waals surface area contributed by atoms with E-state index in [-0.39, 0.29) is 0 Å². The summed E-state index contributed by atoms with van der Waals surface area (Å²) in [5.41, 5.74) is 1.32. The summed E-state index contributed by atoms with van der Waals surface area (Å²) < 4.78 is 0. The lowest BCUT2D eigenvalue weighted by Crippen LogP contribution is -2.56. The van der Waals surface area contributed by atoms with E-state index in [1.165, 1.54) is 64.5 Å². The topological polar surface area (TPSA) is 3.24 Å². The van der Waals surface area contributed by atoms with Crippen LogP contribution in [-0.2, 0) is 0 Å². The molecule has 1 heteroatoms. The van der Waals surface area contributed by atoms with Crippen molar-refractivity contribution >= 4 is 0 Å². The molecule has 5 rings (SSSR count). The van der Waals surface area contributed by atoms with E-state index in [1.54, 1.807) is 44.9 Å². The molecule has 0 aromatic carbocycles. The Morgan fingerprint density at radius 3 is 2.24 bits per heavy atom. The molecule has 5 fully saturated rings. The van der Waals surface area contributed by atoms with Gasteiger partial charge in [-0.2, -0.15) is 0 Å². The minimum atomic E-state index is 0.659. The Labute approximate surface area is 207 Å². The van der Waals surface area contributed by atoms with E-state index in [4.69, 9.17) is 0 Å². The van der Waals surface area contributed by atoms with E-state index in [2.05, 4.69) is 39.5 Å². The van der Waals surface area contributed by atoms with Crippen molar-refractivity contribution in [1.29, 1.82) is 0 Å². The number of likely N-dealkylation sites (tertiary alicyclic amines) is 1. The molecule has 4 aliphatic carbocycles. The lowest BCUT2D eigenvalue weighted by atomic mass is 9.44. The van der Waals surface area contributed by atoms with Crippen LogP contribution < -0.4 is 0 Å². The molecule has 0 bridgehead atoms. The molecular formula is C32H57N. The highest BCUT2D eigenvalue weighted by Gasteiger charge is 2.60. The number of fused-ring (bicyclic) bond motifs is 5. The van der Waals surface area contributed by atoms with Crippen LogP contribution in [0.1, 0.15) is 131 Å². The van der Waals surface area contributed by atoms with Gasteiger partial charge in [0, 0.05) is 6.04 Å². The number of hydrogen-bond acceptors (Lipinski definition) is 1. The number of nitrogens with zero attached hydrogens (tertiary/aromatic N) is 1. The third-order valence-corrected chi connectivity index (χ3v) is 12.7. The van der Waals surface area contributed by atoms with Crippen molar-refractivity contribution in [3.63, 3.8) is 0 Å². The molecule has 0 unspecified atom stereocenters. The molecule has 1 heterocycles. The minimum absolute atomic E-state index is 0.659. The average Bonchev–Trinajstić information content (AvgIpc) is 3.16. The van der Waals surface area contributed by atoms with Crippen LogP contribution in [0, 0.1) is 52.3 Å². The second-order valence-corrected chi connectivity index (χ2v) is 14.7. The van der Waals surface area contributed by atoms with Gasteiger partial charge in [0.1, 0.15) is 0 Å². The van der Waals surface area contributed by atoms with E-state index in [0.717, 1.165) is 47.5 Å². The Hall–Kier alpha value is -0.0400. The number of hydrogen-bond donors (Lipinski definition) is 0. The van der Waals surface area contributed by atoms with Crippen LogP contribution in [0.5, 0.6) is 0 Å². The van der Waals surface area contributed by atoms with Crippen LogP contribution in [0.2, 0.25) is 0 Å². The molecule has 190 valence electrons. The second-order valence-electron chi connectivity index (χ2n) is 14.7. The lowest BCUT2D eigenvalue weighted by molar-refractivity contribution is -0.124. The molecule has 4 saturated carbocycles. The van der Waals surface area contributed by atoms with Gasteiger partial charge >= 0.3 is 0 Å². The van der Waals surface area contributed by atoms with Crippen LogP contribution >= 0.6 is 0 Å². The first-order chi connectivity index (χ1) is 15.8. The van der Waals surface area contributed by atoms with E-state index >= 15 is 0 Å². The molecule has 9 atom stereocenters. The summed E-state index contributed by atoms with van der Waals surface area (Å²) in [6, 6.07) is 0.927. The highest BCUT2D eigenvalue weighted by Crippen LogP contribution is 2.68. The fourth-order valence-electron chi connectivity index (χ4n) is 10.9. The summed E-state index contributed by atoms with van der Waals surface area (Å²) in [5.74, 6) is 7.01. The lowest BCUT2D eigenvalue weighted by Gasteiger charge is -2.62. The summed E-state index contributed by atoms with van der Waals surface area (Å²) >= 11 is 0.